The summed E-state index contributed by atoms with van der Waals surface area (Å²) in [5, 5.41) is 4.45. The van der Waals surface area contributed by atoms with Crippen LogP contribution in [0.5, 0.6) is 0 Å². The maximum atomic E-state index is 14.1. The smallest absolute Gasteiger partial charge is 0.324 e. The Morgan fingerprint density at radius 1 is 1.04 bits per heavy atom. The van der Waals surface area contributed by atoms with Crippen molar-refractivity contribution in [1.29, 1.82) is 0 Å². The van der Waals surface area contributed by atoms with Gasteiger partial charge in [0.05, 0.1) is 0 Å². The van der Waals surface area contributed by atoms with E-state index in [0.717, 1.165) is 36.4 Å². The summed E-state index contributed by atoms with van der Waals surface area (Å²) >= 11 is 0. The van der Waals surface area contributed by atoms with Crippen molar-refractivity contribution in [2.24, 2.45) is 0 Å². The van der Waals surface area contributed by atoms with Gasteiger partial charge in [-0.2, -0.15) is 0 Å². The number of carbonyl (C=O) groups excluding carboxylic acids is 3. The van der Waals surface area contributed by atoms with Gasteiger partial charge in [0.1, 0.15) is 23.7 Å². The van der Waals surface area contributed by atoms with E-state index < -0.39 is 58.8 Å². The maximum absolute atomic E-state index is 14.1. The predicted octanol–water partition coefficient (Wildman–Crippen LogP) is 2.65. The Hall–Kier alpha value is -3.43. The van der Waals surface area contributed by atoms with Crippen molar-refractivity contribution < 1.29 is 31.9 Å². The molecule has 4 amide bonds. The zero-order valence-electron chi connectivity index (χ0n) is 14.4. The van der Waals surface area contributed by atoms with Gasteiger partial charge in [-0.3, -0.25) is 14.5 Å². The van der Waals surface area contributed by atoms with Gasteiger partial charge >= 0.3 is 6.03 Å². The first-order valence-electron chi connectivity index (χ1n) is 7.96. The van der Waals surface area contributed by atoms with Crippen LogP contribution in [0, 0.1) is 23.3 Å². The van der Waals surface area contributed by atoms with Crippen LogP contribution in [-0.4, -0.2) is 29.3 Å². The van der Waals surface area contributed by atoms with Gasteiger partial charge in [-0.25, -0.2) is 22.4 Å². The molecule has 1 atom stereocenters. The van der Waals surface area contributed by atoms with Gasteiger partial charge in [0.2, 0.25) is 5.91 Å². The number of carbonyl (C=O) groups is 3. The lowest BCUT2D eigenvalue weighted by molar-refractivity contribution is -0.133. The Kier molecular flexibility index (Phi) is 4.80. The van der Waals surface area contributed by atoms with E-state index in [4.69, 9.17) is 0 Å². The van der Waals surface area contributed by atoms with Crippen LogP contribution in [0.3, 0.4) is 0 Å². The van der Waals surface area contributed by atoms with Crippen molar-refractivity contribution in [3.8, 4) is 0 Å². The van der Waals surface area contributed by atoms with Crippen molar-refractivity contribution in [2.75, 3.05) is 11.9 Å². The largest absolute Gasteiger partial charge is 0.325 e. The number of rotatable bonds is 4. The third-order valence-corrected chi connectivity index (χ3v) is 4.25. The van der Waals surface area contributed by atoms with Crippen LogP contribution in [0.25, 0.3) is 0 Å². The molecule has 1 aliphatic heterocycles. The van der Waals surface area contributed by atoms with Gasteiger partial charge in [-0.05, 0) is 37.3 Å². The van der Waals surface area contributed by atoms with E-state index in [9.17, 15) is 31.9 Å². The number of hydrogen-bond acceptors (Lipinski definition) is 3. The topological polar surface area (TPSA) is 78.5 Å². The molecule has 28 heavy (non-hydrogen) atoms. The summed E-state index contributed by atoms with van der Waals surface area (Å²) in [4.78, 5) is 37.4. The Balaban J connectivity index is 1.79. The van der Waals surface area contributed by atoms with Crippen LogP contribution in [-0.2, 0) is 15.1 Å². The van der Waals surface area contributed by atoms with E-state index >= 15 is 0 Å². The maximum Gasteiger partial charge on any atom is 0.325 e. The Morgan fingerprint density at radius 3 is 2.39 bits per heavy atom. The molecule has 0 radical (unpaired) electrons. The number of amides is 4. The molecule has 146 valence electrons. The fraction of sp³-hybridized carbons (Fsp3) is 0.167. The van der Waals surface area contributed by atoms with E-state index in [-0.39, 0.29) is 5.69 Å². The predicted molar refractivity (Wildman–Crippen MR) is 88.9 cm³/mol. The number of anilines is 1. The first-order valence-corrected chi connectivity index (χ1v) is 7.96. The molecule has 2 N–H and O–H groups in total. The molecule has 1 aliphatic rings. The van der Waals surface area contributed by atoms with Gasteiger partial charge in [0.25, 0.3) is 5.91 Å². The van der Waals surface area contributed by atoms with Crippen LogP contribution in [0.2, 0.25) is 0 Å². The molecule has 10 heteroatoms. The van der Waals surface area contributed by atoms with Crippen molar-refractivity contribution in [3.05, 3.63) is 65.2 Å². The minimum Gasteiger partial charge on any atom is -0.324 e. The van der Waals surface area contributed by atoms with Crippen molar-refractivity contribution in [3.63, 3.8) is 0 Å². The van der Waals surface area contributed by atoms with Gasteiger partial charge in [0, 0.05) is 17.3 Å². The lowest BCUT2D eigenvalue weighted by Crippen LogP contribution is -2.42. The quantitative estimate of drug-likeness (QED) is 0.617. The summed E-state index contributed by atoms with van der Waals surface area (Å²) in [6.45, 7) is 0.411. The van der Waals surface area contributed by atoms with Gasteiger partial charge in [0.15, 0.2) is 11.6 Å². The summed E-state index contributed by atoms with van der Waals surface area (Å²) in [7, 11) is 0. The summed E-state index contributed by atoms with van der Waals surface area (Å²) < 4.78 is 53.7. The van der Waals surface area contributed by atoms with E-state index in [1.165, 1.54) is 6.92 Å². The molecule has 1 fully saturated rings. The molecule has 0 aliphatic carbocycles. The molecule has 1 heterocycles. The highest BCUT2D eigenvalue weighted by Crippen LogP contribution is 2.31. The molecule has 3 rings (SSSR count). The van der Waals surface area contributed by atoms with Crippen LogP contribution in [0.15, 0.2) is 36.4 Å². The fourth-order valence-electron chi connectivity index (χ4n) is 2.82. The van der Waals surface area contributed by atoms with Crippen molar-refractivity contribution >= 4 is 23.5 Å². The zero-order valence-corrected chi connectivity index (χ0v) is 14.4. The SMILES string of the molecule is C[C@@]1(c2cc(F)ccc2F)NC(=O)N(CC(=O)Nc2ccc(F)c(F)c2)C1=O. The number of urea groups is 1. The summed E-state index contributed by atoms with van der Waals surface area (Å²) in [6.07, 6.45) is 0. The molecule has 0 saturated carbocycles. The molecular weight excluding hydrogens is 382 g/mol. The number of nitrogens with zero attached hydrogens (tertiary/aromatic N) is 1. The molecule has 1 saturated heterocycles. The van der Waals surface area contributed by atoms with Crippen molar-refractivity contribution in [2.45, 2.75) is 12.5 Å². The minimum absolute atomic E-state index is 0.0881. The highest BCUT2D eigenvalue weighted by molar-refractivity contribution is 6.10. The van der Waals surface area contributed by atoms with Crippen LogP contribution < -0.4 is 10.6 Å². The minimum atomic E-state index is -1.91. The molecule has 0 spiro atoms. The Morgan fingerprint density at radius 2 is 1.71 bits per heavy atom. The molecule has 2 aromatic rings. The molecule has 0 aromatic heterocycles. The summed E-state index contributed by atoms with van der Waals surface area (Å²) in [5.74, 6) is -5.87. The third-order valence-electron chi connectivity index (χ3n) is 4.25. The standard InChI is InChI=1S/C18H13F4N3O3/c1-18(11-6-9(19)2-4-12(11)20)16(27)25(17(28)24-18)8-15(26)23-10-3-5-13(21)14(22)7-10/h2-7H,8H2,1H3,(H,23,26)(H,24,28)/t18-/m0/s1. The first kappa shape index (κ1) is 19.3. The summed E-state index contributed by atoms with van der Waals surface area (Å²) in [5.41, 5.74) is -2.39. The molecule has 2 aromatic carbocycles. The fourth-order valence-corrected chi connectivity index (χ4v) is 2.82. The van der Waals surface area contributed by atoms with Gasteiger partial charge in [-0.15, -0.1) is 0 Å². The van der Waals surface area contributed by atoms with Crippen molar-refractivity contribution in [1.82, 2.24) is 10.2 Å². The number of imide groups is 1. The highest BCUT2D eigenvalue weighted by atomic mass is 19.2. The average molecular weight is 395 g/mol. The van der Waals surface area contributed by atoms with E-state index in [1.807, 2.05) is 0 Å². The lowest BCUT2D eigenvalue weighted by Gasteiger charge is -2.22. The Bertz CT molecular complexity index is 998. The highest BCUT2D eigenvalue weighted by Gasteiger charge is 2.50. The number of nitrogens with one attached hydrogen (secondary N) is 2. The molecular formula is C18H13F4N3O3. The average Bonchev–Trinajstić information content (AvgIpc) is 2.84. The normalized spacial score (nSPS) is 19.0. The Labute approximate surface area is 156 Å². The summed E-state index contributed by atoms with van der Waals surface area (Å²) in [6, 6.07) is 4.07. The monoisotopic (exact) mass is 395 g/mol. The third kappa shape index (κ3) is 3.40. The molecule has 0 unspecified atom stereocenters. The van der Waals surface area contributed by atoms with Crippen LogP contribution in [0.4, 0.5) is 28.0 Å². The second kappa shape index (κ2) is 6.95. The van der Waals surface area contributed by atoms with E-state index in [0.29, 0.717) is 4.90 Å². The molecule has 6 nitrogen and oxygen atoms in total. The number of hydrogen-bond donors (Lipinski definition) is 2. The second-order valence-electron chi connectivity index (χ2n) is 6.25. The second-order valence-corrected chi connectivity index (χ2v) is 6.25. The van der Waals surface area contributed by atoms with Crippen LogP contribution >= 0.6 is 0 Å². The number of halogens is 4. The number of benzene rings is 2. The zero-order chi connectivity index (χ0) is 20.6. The van der Waals surface area contributed by atoms with Crippen LogP contribution in [0.1, 0.15) is 12.5 Å². The van der Waals surface area contributed by atoms with Gasteiger partial charge in [-0.1, -0.05) is 0 Å². The lowest BCUT2D eigenvalue weighted by atomic mass is 9.91. The molecule has 0 bridgehead atoms. The van der Waals surface area contributed by atoms with Gasteiger partial charge < -0.3 is 10.6 Å². The first-order chi connectivity index (χ1) is 13.1. The van der Waals surface area contributed by atoms with E-state index in [1.54, 1.807) is 0 Å². The van der Waals surface area contributed by atoms with E-state index in [2.05, 4.69) is 10.6 Å².